The van der Waals surface area contributed by atoms with Crippen LogP contribution < -0.4 is 10.6 Å². The molecule has 1 saturated heterocycles. The molecule has 200 valence electrons. The number of aromatic nitrogens is 2. The maximum absolute atomic E-state index is 13.9. The predicted molar refractivity (Wildman–Crippen MR) is 143 cm³/mol. The summed E-state index contributed by atoms with van der Waals surface area (Å²) in [5.74, 6) is -0.813. The van der Waals surface area contributed by atoms with Crippen molar-refractivity contribution in [2.75, 3.05) is 18.5 Å². The van der Waals surface area contributed by atoms with Gasteiger partial charge in [0.05, 0.1) is 0 Å². The molecule has 1 aromatic heterocycles. The van der Waals surface area contributed by atoms with Crippen molar-refractivity contribution in [1.82, 2.24) is 19.8 Å². The second-order valence-electron chi connectivity index (χ2n) is 10.1. The Hall–Kier alpha value is -2.85. The molecule has 4 rings (SSSR count). The molecule has 0 spiro atoms. The number of benzene rings is 1. The summed E-state index contributed by atoms with van der Waals surface area (Å²) in [5, 5.41) is 19.9. The van der Waals surface area contributed by atoms with Crippen LogP contribution in [0.2, 0.25) is 0 Å². The first-order valence-electron chi connectivity index (χ1n) is 13.4. The maximum Gasteiger partial charge on any atom is 0.247 e. The molecule has 2 aromatic rings. The molecule has 3 amide bonds. The monoisotopic (exact) mass is 527 g/mol. The minimum atomic E-state index is -0.636. The Morgan fingerprint density at radius 1 is 1.11 bits per heavy atom. The SMILES string of the molecule is C[C@@H](CCCO)C(=O)N[C@H](C(=O)N1CCC[C@H]1C(=O)Nc1snnc1-c1ccccc1)C1CCCCC1. The largest absolute Gasteiger partial charge is 0.396 e. The van der Waals surface area contributed by atoms with E-state index in [2.05, 4.69) is 20.2 Å². The summed E-state index contributed by atoms with van der Waals surface area (Å²) < 4.78 is 4.03. The third-order valence-electron chi connectivity index (χ3n) is 7.54. The second-order valence-corrected chi connectivity index (χ2v) is 10.9. The highest BCUT2D eigenvalue weighted by Crippen LogP contribution is 2.32. The molecule has 2 aliphatic rings. The van der Waals surface area contributed by atoms with Crippen LogP contribution in [0, 0.1) is 11.8 Å². The first kappa shape index (κ1) is 27.2. The van der Waals surface area contributed by atoms with Crippen molar-refractivity contribution in [2.45, 2.75) is 76.8 Å². The van der Waals surface area contributed by atoms with E-state index >= 15 is 0 Å². The molecule has 1 aliphatic carbocycles. The zero-order valence-corrected chi connectivity index (χ0v) is 22.2. The minimum absolute atomic E-state index is 0.0362. The summed E-state index contributed by atoms with van der Waals surface area (Å²) in [7, 11) is 0. The number of hydrogen-bond acceptors (Lipinski definition) is 7. The van der Waals surface area contributed by atoms with Gasteiger partial charge in [-0.25, -0.2) is 0 Å². The normalized spacial score (nSPS) is 19.8. The van der Waals surface area contributed by atoms with E-state index in [1.54, 1.807) is 4.90 Å². The molecule has 37 heavy (non-hydrogen) atoms. The number of aliphatic hydroxyl groups is 1. The molecule has 1 saturated carbocycles. The quantitative estimate of drug-likeness (QED) is 0.434. The van der Waals surface area contributed by atoms with Crippen LogP contribution in [0.1, 0.15) is 64.7 Å². The van der Waals surface area contributed by atoms with E-state index in [1.165, 1.54) is 0 Å². The number of carbonyl (C=O) groups is 3. The van der Waals surface area contributed by atoms with Crippen molar-refractivity contribution in [2.24, 2.45) is 11.8 Å². The fourth-order valence-electron chi connectivity index (χ4n) is 5.41. The highest BCUT2D eigenvalue weighted by Gasteiger charge is 2.41. The number of carbonyl (C=O) groups excluding carboxylic acids is 3. The van der Waals surface area contributed by atoms with Crippen LogP contribution in [0.3, 0.4) is 0 Å². The summed E-state index contributed by atoms with van der Waals surface area (Å²) in [6, 6.07) is 8.31. The summed E-state index contributed by atoms with van der Waals surface area (Å²) in [5.41, 5.74) is 1.47. The van der Waals surface area contributed by atoms with Crippen molar-refractivity contribution in [3.8, 4) is 11.3 Å². The lowest BCUT2D eigenvalue weighted by molar-refractivity contribution is -0.142. The van der Waals surface area contributed by atoms with E-state index < -0.39 is 12.1 Å². The van der Waals surface area contributed by atoms with Gasteiger partial charge < -0.3 is 20.6 Å². The van der Waals surface area contributed by atoms with Gasteiger partial charge in [-0.3, -0.25) is 14.4 Å². The molecule has 10 heteroatoms. The number of amides is 3. The number of hydrogen-bond donors (Lipinski definition) is 3. The average molecular weight is 528 g/mol. The van der Waals surface area contributed by atoms with Gasteiger partial charge in [0, 0.05) is 36.2 Å². The molecule has 2 heterocycles. The molecule has 3 N–H and O–H groups in total. The van der Waals surface area contributed by atoms with Crippen LogP contribution in [0.25, 0.3) is 11.3 Å². The van der Waals surface area contributed by atoms with Crippen molar-refractivity contribution in [3.63, 3.8) is 0 Å². The zero-order chi connectivity index (χ0) is 26.2. The summed E-state index contributed by atoms with van der Waals surface area (Å²) >= 11 is 1.12. The van der Waals surface area contributed by atoms with Gasteiger partial charge in [-0.05, 0) is 44.4 Å². The van der Waals surface area contributed by atoms with Crippen molar-refractivity contribution in [1.29, 1.82) is 0 Å². The van der Waals surface area contributed by atoms with E-state index in [0.29, 0.717) is 36.5 Å². The Morgan fingerprint density at radius 2 is 1.86 bits per heavy atom. The lowest BCUT2D eigenvalue weighted by atomic mass is 9.83. The molecule has 0 unspecified atom stereocenters. The van der Waals surface area contributed by atoms with Gasteiger partial charge in [0.15, 0.2) is 0 Å². The molecular formula is C27H37N5O4S. The Bertz CT molecular complexity index is 1060. The predicted octanol–water partition coefficient (Wildman–Crippen LogP) is 3.61. The average Bonchev–Trinajstić information content (AvgIpc) is 3.61. The number of nitrogens with zero attached hydrogens (tertiary/aromatic N) is 3. The molecule has 0 bridgehead atoms. The van der Waals surface area contributed by atoms with Crippen molar-refractivity contribution >= 4 is 34.3 Å². The lowest BCUT2D eigenvalue weighted by Gasteiger charge is -2.35. The smallest absolute Gasteiger partial charge is 0.247 e. The highest BCUT2D eigenvalue weighted by atomic mass is 32.1. The van der Waals surface area contributed by atoms with E-state index in [-0.39, 0.29) is 36.2 Å². The van der Waals surface area contributed by atoms with Gasteiger partial charge in [-0.2, -0.15) is 0 Å². The Balaban J connectivity index is 1.48. The maximum atomic E-state index is 13.9. The van der Waals surface area contributed by atoms with Gasteiger partial charge in [0.1, 0.15) is 22.8 Å². The molecule has 1 aromatic carbocycles. The van der Waals surface area contributed by atoms with Crippen molar-refractivity contribution in [3.05, 3.63) is 30.3 Å². The fourth-order valence-corrected chi connectivity index (χ4v) is 6.00. The van der Waals surface area contributed by atoms with Crippen LogP contribution in [0.5, 0.6) is 0 Å². The third kappa shape index (κ3) is 6.73. The molecule has 0 radical (unpaired) electrons. The van der Waals surface area contributed by atoms with Gasteiger partial charge in [0.25, 0.3) is 0 Å². The number of likely N-dealkylation sites (tertiary alicyclic amines) is 1. The van der Waals surface area contributed by atoms with Gasteiger partial charge in [-0.1, -0.05) is 61.0 Å². The number of nitrogens with one attached hydrogen (secondary N) is 2. The topological polar surface area (TPSA) is 125 Å². The Morgan fingerprint density at radius 3 is 2.59 bits per heavy atom. The molecule has 1 aliphatic heterocycles. The lowest BCUT2D eigenvalue weighted by Crippen LogP contribution is -2.56. The van der Waals surface area contributed by atoms with E-state index in [4.69, 9.17) is 5.11 Å². The summed E-state index contributed by atoms with van der Waals surface area (Å²) in [6.45, 7) is 2.35. The van der Waals surface area contributed by atoms with E-state index in [1.807, 2.05) is 37.3 Å². The van der Waals surface area contributed by atoms with Crippen LogP contribution >= 0.6 is 11.5 Å². The van der Waals surface area contributed by atoms with Crippen LogP contribution in [-0.2, 0) is 14.4 Å². The molecule has 9 nitrogen and oxygen atoms in total. The summed E-state index contributed by atoms with van der Waals surface area (Å²) in [6.07, 6.45) is 7.40. The second kappa shape index (κ2) is 13.1. The molecular weight excluding hydrogens is 490 g/mol. The molecule has 2 fully saturated rings. The zero-order valence-electron chi connectivity index (χ0n) is 21.4. The van der Waals surface area contributed by atoms with E-state index in [0.717, 1.165) is 55.6 Å². The van der Waals surface area contributed by atoms with E-state index in [9.17, 15) is 14.4 Å². The third-order valence-corrected chi connectivity index (χ3v) is 8.18. The van der Waals surface area contributed by atoms with Gasteiger partial charge in [0.2, 0.25) is 17.7 Å². The van der Waals surface area contributed by atoms with Crippen LogP contribution in [0.15, 0.2) is 30.3 Å². The molecule has 3 atom stereocenters. The Labute approximate surface area is 222 Å². The first-order chi connectivity index (χ1) is 18.0. The van der Waals surface area contributed by atoms with Gasteiger partial charge >= 0.3 is 0 Å². The fraction of sp³-hybridized carbons (Fsp3) is 0.593. The van der Waals surface area contributed by atoms with Crippen molar-refractivity contribution < 1.29 is 19.5 Å². The minimum Gasteiger partial charge on any atom is -0.396 e. The highest BCUT2D eigenvalue weighted by molar-refractivity contribution is 7.10. The summed E-state index contributed by atoms with van der Waals surface area (Å²) in [4.78, 5) is 41.9. The number of aliphatic hydroxyl groups excluding tert-OH is 1. The van der Waals surface area contributed by atoms with Crippen LogP contribution in [-0.4, -0.2) is 62.6 Å². The first-order valence-corrected chi connectivity index (χ1v) is 14.2. The number of rotatable bonds is 10. The Kier molecular flexibility index (Phi) is 9.62. The van der Waals surface area contributed by atoms with Crippen LogP contribution in [0.4, 0.5) is 5.00 Å². The number of anilines is 1. The van der Waals surface area contributed by atoms with Gasteiger partial charge in [-0.15, -0.1) is 5.10 Å². The standard InChI is InChI=1S/C27H37N5O4S/c1-18(10-9-17-33)24(34)28-23(20-13-6-3-7-14-20)27(36)32-16-8-15-21(32)25(35)29-26-22(30-31-37-26)19-11-4-2-5-12-19/h2,4-5,11-12,18,20-21,23,33H,3,6-10,13-17H2,1H3,(H,28,34)(H,29,35)/t18-,21-,23-/m0/s1.